The fourth-order valence-corrected chi connectivity index (χ4v) is 2.34. The van der Waals surface area contributed by atoms with Gasteiger partial charge in [-0.2, -0.15) is 5.10 Å². The zero-order valence-corrected chi connectivity index (χ0v) is 14.6. The van der Waals surface area contributed by atoms with Gasteiger partial charge in [0.05, 0.1) is 17.5 Å². The van der Waals surface area contributed by atoms with E-state index in [4.69, 9.17) is 9.84 Å². The van der Waals surface area contributed by atoms with Crippen molar-refractivity contribution in [2.75, 3.05) is 13.2 Å². The molecule has 1 saturated carbocycles. The van der Waals surface area contributed by atoms with Gasteiger partial charge in [0.15, 0.2) is 0 Å². The molecule has 0 saturated heterocycles. The Hall–Kier alpha value is -0.580. The number of aromatic nitrogens is 2. The molecule has 1 aliphatic rings. The van der Waals surface area contributed by atoms with E-state index >= 15 is 0 Å². The first-order valence-electron chi connectivity index (χ1n) is 7.98. The first kappa shape index (κ1) is 18.5. The minimum absolute atomic E-state index is 0. The van der Waals surface area contributed by atoms with Crippen LogP contribution in [0.3, 0.4) is 0 Å². The van der Waals surface area contributed by atoms with Gasteiger partial charge >= 0.3 is 0 Å². The quantitative estimate of drug-likeness (QED) is 0.707. The molecule has 1 aromatic rings. The van der Waals surface area contributed by atoms with Crippen molar-refractivity contribution in [1.29, 1.82) is 0 Å². The molecular weight excluding hydrogens is 286 g/mol. The molecule has 0 aliphatic heterocycles. The Labute approximate surface area is 135 Å². The maximum Gasteiger partial charge on any atom is 0.0659 e. The van der Waals surface area contributed by atoms with Crippen molar-refractivity contribution in [3.8, 4) is 0 Å². The van der Waals surface area contributed by atoms with Gasteiger partial charge in [0.1, 0.15) is 0 Å². The summed E-state index contributed by atoms with van der Waals surface area (Å²) in [6.45, 7) is 11.3. The molecule has 5 heteroatoms. The van der Waals surface area contributed by atoms with E-state index in [0.717, 1.165) is 32.0 Å². The standard InChI is InChI=1S/C16H29N3O.ClH/c1-12(2)19-15(10-16(18-19)14-6-7-14)11-17-8-5-9-20-13(3)4;/h10,12-14,17H,5-9,11H2,1-4H3;1H. The molecule has 122 valence electrons. The summed E-state index contributed by atoms with van der Waals surface area (Å²) < 4.78 is 7.71. The molecule has 1 heterocycles. The van der Waals surface area contributed by atoms with Crippen molar-refractivity contribution in [3.05, 3.63) is 17.5 Å². The predicted molar refractivity (Wildman–Crippen MR) is 89.2 cm³/mol. The molecule has 1 fully saturated rings. The van der Waals surface area contributed by atoms with Gasteiger partial charge in [-0.3, -0.25) is 4.68 Å². The predicted octanol–water partition coefficient (Wildman–Crippen LogP) is 3.67. The topological polar surface area (TPSA) is 39.1 Å². The van der Waals surface area contributed by atoms with E-state index in [2.05, 4.69) is 43.8 Å². The molecule has 1 aromatic heterocycles. The van der Waals surface area contributed by atoms with Gasteiger partial charge in [0.2, 0.25) is 0 Å². The first-order chi connectivity index (χ1) is 9.58. The second-order valence-electron chi connectivity index (χ2n) is 6.32. The second kappa shape index (κ2) is 8.76. The largest absolute Gasteiger partial charge is 0.379 e. The van der Waals surface area contributed by atoms with Crippen molar-refractivity contribution in [2.45, 2.75) is 71.6 Å². The lowest BCUT2D eigenvalue weighted by Crippen LogP contribution is -2.20. The molecule has 0 atom stereocenters. The number of hydrogen-bond acceptors (Lipinski definition) is 3. The molecule has 1 aliphatic carbocycles. The van der Waals surface area contributed by atoms with Crippen LogP contribution in [0.2, 0.25) is 0 Å². The average molecular weight is 316 g/mol. The van der Waals surface area contributed by atoms with E-state index in [0.29, 0.717) is 12.1 Å². The lowest BCUT2D eigenvalue weighted by atomic mass is 10.2. The van der Waals surface area contributed by atoms with Gasteiger partial charge in [-0.1, -0.05) is 0 Å². The van der Waals surface area contributed by atoms with Crippen LogP contribution in [-0.2, 0) is 11.3 Å². The zero-order chi connectivity index (χ0) is 14.5. The minimum atomic E-state index is 0. The van der Waals surface area contributed by atoms with E-state index in [1.165, 1.54) is 24.2 Å². The second-order valence-corrected chi connectivity index (χ2v) is 6.32. The summed E-state index contributed by atoms with van der Waals surface area (Å²) in [5.41, 5.74) is 2.60. The maximum absolute atomic E-state index is 5.54. The monoisotopic (exact) mass is 315 g/mol. The normalized spacial score (nSPS) is 14.8. The highest BCUT2D eigenvalue weighted by Gasteiger charge is 2.27. The van der Waals surface area contributed by atoms with E-state index in [1.807, 2.05) is 0 Å². The van der Waals surface area contributed by atoms with E-state index in [1.54, 1.807) is 0 Å². The van der Waals surface area contributed by atoms with Gasteiger partial charge < -0.3 is 10.1 Å². The minimum Gasteiger partial charge on any atom is -0.379 e. The summed E-state index contributed by atoms with van der Waals surface area (Å²) >= 11 is 0. The summed E-state index contributed by atoms with van der Waals surface area (Å²) in [6.07, 6.45) is 4.02. The van der Waals surface area contributed by atoms with Crippen LogP contribution in [0, 0.1) is 0 Å². The zero-order valence-electron chi connectivity index (χ0n) is 13.8. The third kappa shape index (κ3) is 5.97. The number of rotatable bonds is 9. The Morgan fingerprint density at radius 3 is 2.62 bits per heavy atom. The van der Waals surface area contributed by atoms with Crippen LogP contribution in [0.15, 0.2) is 6.07 Å². The van der Waals surface area contributed by atoms with Gasteiger partial charge in [-0.15, -0.1) is 12.4 Å². The van der Waals surface area contributed by atoms with Gasteiger partial charge in [0, 0.05) is 25.1 Å². The average Bonchev–Trinajstić information content (AvgIpc) is 3.14. The highest BCUT2D eigenvalue weighted by Crippen LogP contribution is 2.39. The fraction of sp³-hybridized carbons (Fsp3) is 0.812. The van der Waals surface area contributed by atoms with Crippen LogP contribution in [0.1, 0.15) is 70.3 Å². The number of ether oxygens (including phenoxy) is 1. The number of hydrogen-bond donors (Lipinski definition) is 1. The van der Waals surface area contributed by atoms with Gasteiger partial charge in [0.25, 0.3) is 0 Å². The molecule has 0 bridgehead atoms. The molecule has 2 rings (SSSR count). The molecule has 1 N–H and O–H groups in total. The number of halogens is 1. The van der Waals surface area contributed by atoms with Crippen molar-refractivity contribution >= 4 is 12.4 Å². The maximum atomic E-state index is 5.54. The number of nitrogens with zero attached hydrogens (tertiary/aromatic N) is 2. The smallest absolute Gasteiger partial charge is 0.0659 e. The molecule has 0 unspecified atom stereocenters. The molecule has 0 amide bonds. The van der Waals surface area contributed by atoms with E-state index < -0.39 is 0 Å². The van der Waals surface area contributed by atoms with Crippen LogP contribution in [0.5, 0.6) is 0 Å². The Kier molecular flexibility index (Phi) is 7.71. The summed E-state index contributed by atoms with van der Waals surface area (Å²) in [5, 5.41) is 8.26. The van der Waals surface area contributed by atoms with Gasteiger partial charge in [-0.05, 0) is 59.6 Å². The molecule has 0 radical (unpaired) electrons. The number of nitrogens with one attached hydrogen (secondary N) is 1. The SMILES string of the molecule is CC(C)OCCCNCc1cc(C2CC2)nn1C(C)C.Cl. The third-order valence-electron chi connectivity index (χ3n) is 3.57. The van der Waals surface area contributed by atoms with Crippen LogP contribution in [0.4, 0.5) is 0 Å². The van der Waals surface area contributed by atoms with Crippen LogP contribution >= 0.6 is 12.4 Å². The lowest BCUT2D eigenvalue weighted by Gasteiger charge is -2.12. The first-order valence-corrected chi connectivity index (χ1v) is 7.98. The Morgan fingerprint density at radius 2 is 2.05 bits per heavy atom. The summed E-state index contributed by atoms with van der Waals surface area (Å²) in [5.74, 6) is 0.730. The Bertz CT molecular complexity index is 414. The van der Waals surface area contributed by atoms with E-state index in [-0.39, 0.29) is 12.4 Å². The third-order valence-corrected chi connectivity index (χ3v) is 3.57. The highest BCUT2D eigenvalue weighted by atomic mass is 35.5. The van der Waals surface area contributed by atoms with Crippen molar-refractivity contribution < 1.29 is 4.74 Å². The van der Waals surface area contributed by atoms with Crippen LogP contribution in [0.25, 0.3) is 0 Å². The molecular formula is C16H30ClN3O. The van der Waals surface area contributed by atoms with Crippen molar-refractivity contribution in [2.24, 2.45) is 0 Å². The van der Waals surface area contributed by atoms with Crippen LogP contribution in [-0.4, -0.2) is 29.0 Å². The lowest BCUT2D eigenvalue weighted by molar-refractivity contribution is 0.0770. The fourth-order valence-electron chi connectivity index (χ4n) is 2.34. The highest BCUT2D eigenvalue weighted by molar-refractivity contribution is 5.85. The van der Waals surface area contributed by atoms with E-state index in [9.17, 15) is 0 Å². The Balaban J connectivity index is 0.00000220. The summed E-state index contributed by atoms with van der Waals surface area (Å²) in [6, 6.07) is 2.72. The molecule has 21 heavy (non-hydrogen) atoms. The molecule has 0 spiro atoms. The van der Waals surface area contributed by atoms with Crippen molar-refractivity contribution in [1.82, 2.24) is 15.1 Å². The molecule has 4 nitrogen and oxygen atoms in total. The summed E-state index contributed by atoms with van der Waals surface area (Å²) in [7, 11) is 0. The summed E-state index contributed by atoms with van der Waals surface area (Å²) in [4.78, 5) is 0. The van der Waals surface area contributed by atoms with Gasteiger partial charge in [-0.25, -0.2) is 0 Å². The van der Waals surface area contributed by atoms with Crippen LogP contribution < -0.4 is 5.32 Å². The Morgan fingerprint density at radius 1 is 1.33 bits per heavy atom. The van der Waals surface area contributed by atoms with Crippen molar-refractivity contribution in [3.63, 3.8) is 0 Å². The molecule has 0 aromatic carbocycles.